The van der Waals surface area contributed by atoms with E-state index in [1.54, 1.807) is 30.5 Å². The zero-order valence-electron chi connectivity index (χ0n) is 9.87. The molecule has 18 heavy (non-hydrogen) atoms. The molecule has 1 aromatic carbocycles. The number of benzene rings is 1. The maximum Gasteiger partial charge on any atom is 0.153 e. The van der Waals surface area contributed by atoms with Crippen LogP contribution in [0.3, 0.4) is 0 Å². The number of aromatic hydroxyl groups is 1. The second-order valence-electron chi connectivity index (χ2n) is 3.86. The maximum atomic E-state index is 10.8. The Morgan fingerprint density at radius 1 is 1.28 bits per heavy atom. The molecule has 0 saturated heterocycles. The molecule has 0 spiro atoms. The molecule has 1 heterocycles. The molecule has 0 atom stereocenters. The van der Waals surface area contributed by atoms with Crippen molar-refractivity contribution >= 4 is 18.3 Å². The highest BCUT2D eigenvalue weighted by Crippen LogP contribution is 2.22. The van der Waals surface area contributed by atoms with Crippen LogP contribution >= 0.6 is 0 Å². The summed E-state index contributed by atoms with van der Waals surface area (Å²) >= 11 is 0. The van der Waals surface area contributed by atoms with Crippen molar-refractivity contribution in [2.75, 3.05) is 0 Å². The molecule has 0 aliphatic carbocycles. The van der Waals surface area contributed by atoms with E-state index >= 15 is 0 Å². The van der Waals surface area contributed by atoms with E-state index in [0.717, 1.165) is 5.56 Å². The number of carbonyl (C=O) groups excluding carboxylic acids is 1. The van der Waals surface area contributed by atoms with Crippen molar-refractivity contribution in [3.63, 3.8) is 0 Å². The number of aryl methyl sites for hydroxylation is 1. The summed E-state index contributed by atoms with van der Waals surface area (Å²) in [4.78, 5) is 19.0. The molecular formula is C14H12N2O2. The molecule has 0 saturated carbocycles. The van der Waals surface area contributed by atoms with Gasteiger partial charge >= 0.3 is 0 Å². The minimum absolute atomic E-state index is 0.0599. The van der Waals surface area contributed by atoms with E-state index in [4.69, 9.17) is 0 Å². The lowest BCUT2D eigenvalue weighted by molar-refractivity contribution is 0.112. The Morgan fingerprint density at radius 2 is 2.06 bits per heavy atom. The van der Waals surface area contributed by atoms with Gasteiger partial charge in [0.15, 0.2) is 12.1 Å². The first-order valence-electron chi connectivity index (χ1n) is 5.44. The topological polar surface area (TPSA) is 62.5 Å². The van der Waals surface area contributed by atoms with E-state index in [-0.39, 0.29) is 11.3 Å². The minimum atomic E-state index is -0.0599. The number of phenolic OH excluding ortho intramolecular Hbond substituents is 1. The van der Waals surface area contributed by atoms with E-state index in [2.05, 4.69) is 9.98 Å². The van der Waals surface area contributed by atoms with Gasteiger partial charge < -0.3 is 5.11 Å². The molecule has 0 aliphatic rings. The van der Waals surface area contributed by atoms with Crippen LogP contribution in [0, 0.1) is 6.92 Å². The van der Waals surface area contributed by atoms with Crippen molar-refractivity contribution in [3.05, 3.63) is 53.2 Å². The van der Waals surface area contributed by atoms with Crippen LogP contribution in [-0.2, 0) is 0 Å². The molecule has 0 bridgehead atoms. The quantitative estimate of drug-likeness (QED) is 0.662. The summed E-state index contributed by atoms with van der Waals surface area (Å²) in [6.45, 7) is 1.85. The summed E-state index contributed by atoms with van der Waals surface area (Å²) in [6, 6.07) is 8.76. The third-order valence-corrected chi connectivity index (χ3v) is 2.43. The number of aliphatic imine (C=N–C) groups is 1. The summed E-state index contributed by atoms with van der Waals surface area (Å²) in [5.41, 5.74) is 1.65. The SMILES string of the molecule is Cc1cc(C=O)c(O)c(/C=N/c2ccccn2)c1. The van der Waals surface area contributed by atoms with Crippen LogP contribution in [0.15, 0.2) is 41.5 Å². The predicted octanol–water partition coefficient (Wildman–Crippen LogP) is 2.66. The van der Waals surface area contributed by atoms with Crippen LogP contribution in [0.25, 0.3) is 0 Å². The van der Waals surface area contributed by atoms with Crippen molar-refractivity contribution in [2.45, 2.75) is 6.92 Å². The van der Waals surface area contributed by atoms with Gasteiger partial charge in [0.05, 0.1) is 5.56 Å². The van der Waals surface area contributed by atoms with Crippen LogP contribution in [0.2, 0.25) is 0 Å². The lowest BCUT2D eigenvalue weighted by Gasteiger charge is -2.03. The third kappa shape index (κ3) is 2.60. The van der Waals surface area contributed by atoms with Crippen LogP contribution in [0.1, 0.15) is 21.5 Å². The number of pyridine rings is 1. The highest BCUT2D eigenvalue weighted by molar-refractivity contribution is 5.91. The fourth-order valence-corrected chi connectivity index (χ4v) is 1.59. The first-order chi connectivity index (χ1) is 8.70. The molecule has 90 valence electrons. The molecule has 0 amide bonds. The molecule has 4 heteroatoms. The first kappa shape index (κ1) is 12.0. The zero-order chi connectivity index (χ0) is 13.0. The first-order valence-corrected chi connectivity index (χ1v) is 5.44. The van der Waals surface area contributed by atoms with Gasteiger partial charge in [-0.25, -0.2) is 9.98 Å². The summed E-state index contributed by atoms with van der Waals surface area (Å²) in [5, 5.41) is 9.85. The van der Waals surface area contributed by atoms with Crippen LogP contribution in [0.5, 0.6) is 5.75 Å². The van der Waals surface area contributed by atoms with Gasteiger partial charge in [0.1, 0.15) is 5.75 Å². The number of hydrogen-bond acceptors (Lipinski definition) is 4. The Labute approximate surface area is 105 Å². The molecule has 1 N–H and O–H groups in total. The molecule has 4 nitrogen and oxygen atoms in total. The fourth-order valence-electron chi connectivity index (χ4n) is 1.59. The Hall–Kier alpha value is -2.49. The minimum Gasteiger partial charge on any atom is -0.507 e. The average molecular weight is 240 g/mol. The van der Waals surface area contributed by atoms with Gasteiger partial charge in [-0.1, -0.05) is 6.07 Å². The number of nitrogens with zero attached hydrogens (tertiary/aromatic N) is 2. The predicted molar refractivity (Wildman–Crippen MR) is 69.7 cm³/mol. The Bertz CT molecular complexity index is 592. The van der Waals surface area contributed by atoms with E-state index in [1.807, 2.05) is 13.0 Å². The molecule has 2 rings (SSSR count). The Balaban J connectivity index is 2.37. The second-order valence-corrected chi connectivity index (χ2v) is 3.86. The Morgan fingerprint density at radius 3 is 2.72 bits per heavy atom. The number of aldehydes is 1. The Kier molecular flexibility index (Phi) is 3.48. The van der Waals surface area contributed by atoms with Crippen molar-refractivity contribution < 1.29 is 9.90 Å². The molecule has 0 radical (unpaired) electrons. The number of phenols is 1. The van der Waals surface area contributed by atoms with E-state index in [1.165, 1.54) is 6.21 Å². The average Bonchev–Trinajstić information content (AvgIpc) is 2.40. The summed E-state index contributed by atoms with van der Waals surface area (Å²) < 4.78 is 0. The summed E-state index contributed by atoms with van der Waals surface area (Å²) in [5.74, 6) is 0.487. The summed E-state index contributed by atoms with van der Waals surface area (Å²) in [6.07, 6.45) is 3.76. The third-order valence-electron chi connectivity index (χ3n) is 2.43. The maximum absolute atomic E-state index is 10.8. The van der Waals surface area contributed by atoms with Crippen molar-refractivity contribution in [2.24, 2.45) is 4.99 Å². The van der Waals surface area contributed by atoms with Gasteiger partial charge in [-0.15, -0.1) is 0 Å². The van der Waals surface area contributed by atoms with Gasteiger partial charge in [-0.05, 0) is 36.8 Å². The van der Waals surface area contributed by atoms with Gasteiger partial charge in [0.25, 0.3) is 0 Å². The largest absolute Gasteiger partial charge is 0.507 e. The highest BCUT2D eigenvalue weighted by atomic mass is 16.3. The van der Waals surface area contributed by atoms with Crippen molar-refractivity contribution in [1.82, 2.24) is 4.98 Å². The van der Waals surface area contributed by atoms with E-state index < -0.39 is 0 Å². The standard InChI is InChI=1S/C14H12N2O2/c1-10-6-11(14(18)12(7-10)9-17)8-16-13-4-2-3-5-15-13/h2-9,18H,1H3/b16-8+. The van der Waals surface area contributed by atoms with E-state index in [0.29, 0.717) is 17.7 Å². The van der Waals surface area contributed by atoms with Gasteiger partial charge in [0, 0.05) is 18.0 Å². The highest BCUT2D eigenvalue weighted by Gasteiger charge is 2.06. The fraction of sp³-hybridized carbons (Fsp3) is 0.0714. The molecule has 2 aromatic rings. The van der Waals surface area contributed by atoms with Crippen LogP contribution in [-0.4, -0.2) is 22.6 Å². The summed E-state index contributed by atoms with van der Waals surface area (Å²) in [7, 11) is 0. The van der Waals surface area contributed by atoms with Crippen LogP contribution in [0.4, 0.5) is 5.82 Å². The lowest BCUT2D eigenvalue weighted by atomic mass is 10.1. The molecular weight excluding hydrogens is 228 g/mol. The van der Waals surface area contributed by atoms with Gasteiger partial charge in [-0.3, -0.25) is 4.79 Å². The lowest BCUT2D eigenvalue weighted by Crippen LogP contribution is -1.91. The monoisotopic (exact) mass is 240 g/mol. The molecule has 0 unspecified atom stereocenters. The number of rotatable bonds is 3. The number of carbonyl (C=O) groups is 1. The second kappa shape index (κ2) is 5.23. The van der Waals surface area contributed by atoms with Crippen LogP contribution < -0.4 is 0 Å². The molecule has 0 aliphatic heterocycles. The van der Waals surface area contributed by atoms with Crippen molar-refractivity contribution in [3.8, 4) is 5.75 Å². The van der Waals surface area contributed by atoms with Crippen molar-refractivity contribution in [1.29, 1.82) is 0 Å². The number of hydrogen-bond donors (Lipinski definition) is 1. The molecule has 1 aromatic heterocycles. The zero-order valence-corrected chi connectivity index (χ0v) is 9.87. The normalized spacial score (nSPS) is 10.7. The van der Waals surface area contributed by atoms with Gasteiger partial charge in [0.2, 0.25) is 0 Å². The smallest absolute Gasteiger partial charge is 0.153 e. The molecule has 0 fully saturated rings. The van der Waals surface area contributed by atoms with Gasteiger partial charge in [-0.2, -0.15) is 0 Å². The van der Waals surface area contributed by atoms with E-state index in [9.17, 15) is 9.90 Å². The number of aromatic nitrogens is 1.